The lowest BCUT2D eigenvalue weighted by Gasteiger charge is -2.30. The zero-order valence-corrected chi connectivity index (χ0v) is 13.8. The largest absolute Gasteiger partial charge is 0.512 e. The number of carbonyl (C=O) groups is 3. The molecule has 1 heterocycles. The minimum absolute atomic E-state index is 0.0391. The van der Waals surface area contributed by atoms with Gasteiger partial charge in [-0.3, -0.25) is 14.4 Å². The molecule has 5 nitrogen and oxygen atoms in total. The van der Waals surface area contributed by atoms with Gasteiger partial charge in [0.1, 0.15) is 5.76 Å². The Morgan fingerprint density at radius 2 is 1.80 bits per heavy atom. The van der Waals surface area contributed by atoms with Crippen LogP contribution in [0.25, 0.3) is 0 Å². The Hall–Kier alpha value is -2.57. The van der Waals surface area contributed by atoms with Gasteiger partial charge in [-0.25, -0.2) is 13.7 Å². The van der Waals surface area contributed by atoms with Gasteiger partial charge in [0.15, 0.2) is 17.4 Å². The van der Waals surface area contributed by atoms with Gasteiger partial charge in [0.25, 0.3) is 0 Å². The van der Waals surface area contributed by atoms with Crippen LogP contribution in [-0.4, -0.2) is 22.7 Å². The highest BCUT2D eigenvalue weighted by Crippen LogP contribution is 2.41. The Labute approximate surface area is 142 Å². The van der Waals surface area contributed by atoms with Crippen LogP contribution < -0.4 is 4.90 Å². The first-order chi connectivity index (χ1) is 11.6. The predicted octanol–water partition coefficient (Wildman–Crippen LogP) is 3.05. The second-order valence-corrected chi connectivity index (χ2v) is 7.22. The SMILES string of the molecule is CC1(C)CC(=O)C([C@@H]2CC(=O)N(c3ccc(F)c(F)c3)C2=O)=C(O)C1. The smallest absolute Gasteiger partial charge is 0.242 e. The number of aliphatic hydroxyl groups is 1. The number of anilines is 1. The molecule has 0 aromatic heterocycles. The van der Waals surface area contributed by atoms with E-state index >= 15 is 0 Å². The molecular formula is C18H17F2NO4. The molecule has 1 aromatic carbocycles. The summed E-state index contributed by atoms with van der Waals surface area (Å²) < 4.78 is 26.5. The summed E-state index contributed by atoms with van der Waals surface area (Å²) in [5, 5.41) is 10.2. The van der Waals surface area contributed by atoms with Crippen molar-refractivity contribution in [3.8, 4) is 0 Å². The molecule has 1 atom stereocenters. The number of amides is 2. The number of Topliss-reactive ketones (excluding diaryl/α,β-unsaturated/α-hetero) is 1. The lowest BCUT2D eigenvalue weighted by Crippen LogP contribution is -2.34. The molecule has 7 heteroatoms. The van der Waals surface area contributed by atoms with E-state index in [0.29, 0.717) is 0 Å². The molecule has 25 heavy (non-hydrogen) atoms. The van der Waals surface area contributed by atoms with Crippen molar-refractivity contribution in [3.63, 3.8) is 0 Å². The highest BCUT2D eigenvalue weighted by molar-refractivity contribution is 6.24. The van der Waals surface area contributed by atoms with Gasteiger partial charge in [0.05, 0.1) is 11.6 Å². The van der Waals surface area contributed by atoms with E-state index < -0.39 is 34.8 Å². The number of imide groups is 1. The summed E-state index contributed by atoms with van der Waals surface area (Å²) in [7, 11) is 0. The second kappa shape index (κ2) is 5.75. The number of carbonyl (C=O) groups excluding carboxylic acids is 3. The van der Waals surface area contributed by atoms with Gasteiger partial charge in [-0.05, 0) is 17.5 Å². The van der Waals surface area contributed by atoms with E-state index in [1.165, 1.54) is 0 Å². The van der Waals surface area contributed by atoms with E-state index in [1.807, 2.05) is 13.8 Å². The minimum Gasteiger partial charge on any atom is -0.512 e. The number of hydrogen-bond acceptors (Lipinski definition) is 4. The van der Waals surface area contributed by atoms with Crippen LogP contribution in [-0.2, 0) is 14.4 Å². The zero-order chi connectivity index (χ0) is 18.5. The molecule has 1 aliphatic carbocycles. The minimum atomic E-state index is -1.18. The zero-order valence-electron chi connectivity index (χ0n) is 13.8. The molecule has 0 spiro atoms. The van der Waals surface area contributed by atoms with Crippen LogP contribution in [0.2, 0.25) is 0 Å². The number of aliphatic hydroxyl groups excluding tert-OH is 1. The third-order valence-electron chi connectivity index (χ3n) is 4.55. The fourth-order valence-corrected chi connectivity index (χ4v) is 3.45. The van der Waals surface area contributed by atoms with Crippen molar-refractivity contribution in [1.29, 1.82) is 0 Å². The Balaban J connectivity index is 1.96. The summed E-state index contributed by atoms with van der Waals surface area (Å²) in [6.07, 6.45) is 0.107. The van der Waals surface area contributed by atoms with E-state index in [0.717, 1.165) is 23.1 Å². The summed E-state index contributed by atoms with van der Waals surface area (Å²) >= 11 is 0. The van der Waals surface area contributed by atoms with Crippen molar-refractivity contribution in [2.24, 2.45) is 11.3 Å². The highest BCUT2D eigenvalue weighted by atomic mass is 19.2. The van der Waals surface area contributed by atoms with Crippen molar-refractivity contribution in [2.75, 3.05) is 4.90 Å². The number of rotatable bonds is 2. The fraction of sp³-hybridized carbons (Fsp3) is 0.389. The van der Waals surface area contributed by atoms with Crippen LogP contribution in [0.4, 0.5) is 14.5 Å². The van der Waals surface area contributed by atoms with Crippen molar-refractivity contribution in [2.45, 2.75) is 33.1 Å². The fourth-order valence-electron chi connectivity index (χ4n) is 3.45. The molecule has 1 aliphatic heterocycles. The Bertz CT molecular complexity index is 828. The number of allylic oxidation sites excluding steroid dienone is 1. The molecule has 3 rings (SSSR count). The maximum Gasteiger partial charge on any atom is 0.242 e. The molecule has 1 fully saturated rings. The Morgan fingerprint density at radius 3 is 2.40 bits per heavy atom. The van der Waals surface area contributed by atoms with Crippen molar-refractivity contribution in [3.05, 3.63) is 41.2 Å². The summed E-state index contributed by atoms with van der Waals surface area (Å²) in [6.45, 7) is 3.65. The number of hydrogen-bond donors (Lipinski definition) is 1. The van der Waals surface area contributed by atoms with Gasteiger partial charge >= 0.3 is 0 Å². The molecule has 0 bridgehead atoms. The van der Waals surface area contributed by atoms with E-state index in [4.69, 9.17) is 0 Å². The molecule has 0 unspecified atom stereocenters. The normalized spacial score (nSPS) is 23.6. The van der Waals surface area contributed by atoms with Gasteiger partial charge in [0.2, 0.25) is 11.8 Å². The topological polar surface area (TPSA) is 74.7 Å². The van der Waals surface area contributed by atoms with Gasteiger partial charge in [-0.1, -0.05) is 13.8 Å². The van der Waals surface area contributed by atoms with Gasteiger partial charge in [-0.15, -0.1) is 0 Å². The third-order valence-corrected chi connectivity index (χ3v) is 4.55. The molecule has 1 N–H and O–H groups in total. The summed E-state index contributed by atoms with van der Waals surface area (Å²) in [5.74, 6) is -5.26. The van der Waals surface area contributed by atoms with Crippen molar-refractivity contribution in [1.82, 2.24) is 0 Å². The van der Waals surface area contributed by atoms with Crippen LogP contribution >= 0.6 is 0 Å². The predicted molar refractivity (Wildman–Crippen MR) is 84.6 cm³/mol. The number of halogens is 2. The van der Waals surface area contributed by atoms with E-state index in [-0.39, 0.29) is 42.1 Å². The molecule has 0 saturated carbocycles. The molecule has 1 aromatic rings. The molecule has 2 amide bonds. The average molecular weight is 349 g/mol. The monoisotopic (exact) mass is 349 g/mol. The van der Waals surface area contributed by atoms with E-state index in [9.17, 15) is 28.3 Å². The number of ketones is 1. The molecule has 0 radical (unpaired) electrons. The lowest BCUT2D eigenvalue weighted by atomic mass is 9.73. The third kappa shape index (κ3) is 2.94. The van der Waals surface area contributed by atoms with Crippen molar-refractivity contribution >= 4 is 23.3 Å². The number of nitrogens with zero attached hydrogens (tertiary/aromatic N) is 1. The molecule has 132 valence electrons. The van der Waals surface area contributed by atoms with E-state index in [2.05, 4.69) is 0 Å². The van der Waals surface area contributed by atoms with Crippen LogP contribution in [0.15, 0.2) is 29.5 Å². The second-order valence-electron chi connectivity index (χ2n) is 7.22. The first-order valence-electron chi connectivity index (χ1n) is 7.88. The first-order valence-corrected chi connectivity index (χ1v) is 7.88. The van der Waals surface area contributed by atoms with Crippen molar-refractivity contribution < 1.29 is 28.3 Å². The van der Waals surface area contributed by atoms with Gasteiger partial charge in [-0.2, -0.15) is 0 Å². The molecular weight excluding hydrogens is 332 g/mol. The van der Waals surface area contributed by atoms with Crippen LogP contribution in [0.3, 0.4) is 0 Å². The van der Waals surface area contributed by atoms with Gasteiger partial charge in [0, 0.05) is 30.9 Å². The standard InChI is InChI=1S/C18H17F2NO4/c1-18(2)7-13(22)16(14(23)8-18)10-6-15(24)21(17(10)25)9-3-4-11(19)12(20)5-9/h3-5,10,22H,6-8H2,1-2H3/t10-/m0/s1. The highest BCUT2D eigenvalue weighted by Gasteiger charge is 2.47. The summed E-state index contributed by atoms with van der Waals surface area (Å²) in [4.78, 5) is 38.0. The van der Waals surface area contributed by atoms with Crippen LogP contribution in [0.5, 0.6) is 0 Å². The quantitative estimate of drug-likeness (QED) is 0.833. The van der Waals surface area contributed by atoms with Crippen LogP contribution in [0, 0.1) is 23.0 Å². The lowest BCUT2D eigenvalue weighted by molar-refractivity contribution is -0.124. The first kappa shape index (κ1) is 17.3. The van der Waals surface area contributed by atoms with Crippen LogP contribution in [0.1, 0.15) is 33.1 Å². The summed E-state index contributed by atoms with van der Waals surface area (Å²) in [5.41, 5.74) is -0.557. The molecule has 2 aliphatic rings. The van der Waals surface area contributed by atoms with E-state index in [1.54, 1.807) is 0 Å². The average Bonchev–Trinajstić information content (AvgIpc) is 2.75. The maximum atomic E-state index is 13.4. The Morgan fingerprint density at radius 1 is 1.12 bits per heavy atom. The molecule has 1 saturated heterocycles. The maximum absolute atomic E-state index is 13.4. The Kier molecular flexibility index (Phi) is 3.97. The number of benzene rings is 1. The van der Waals surface area contributed by atoms with Gasteiger partial charge < -0.3 is 5.11 Å². The summed E-state index contributed by atoms with van der Waals surface area (Å²) in [6, 6.07) is 2.70.